The Morgan fingerprint density at radius 1 is 1.32 bits per heavy atom. The number of hydrogen-bond donors (Lipinski definition) is 1. The average Bonchev–Trinajstić information content (AvgIpc) is 2.31. The van der Waals surface area contributed by atoms with E-state index in [1.165, 1.54) is 12.1 Å². The molecule has 19 heavy (non-hydrogen) atoms. The lowest BCUT2D eigenvalue weighted by Crippen LogP contribution is -2.41. The standard InChI is InChI=1S/C15H23FN2O/c1-5-18(12-8-6-11(16)7-9-12)14(19)10-13(17)15(2,3)4/h6-9,13H,5,10,17H2,1-4H3. The molecule has 0 fully saturated rings. The molecule has 1 atom stereocenters. The van der Waals surface area contributed by atoms with Gasteiger partial charge in [0.1, 0.15) is 5.82 Å². The molecule has 0 aliphatic carbocycles. The Morgan fingerprint density at radius 2 is 1.84 bits per heavy atom. The maximum Gasteiger partial charge on any atom is 0.228 e. The molecule has 0 radical (unpaired) electrons. The Bertz CT molecular complexity index is 423. The summed E-state index contributed by atoms with van der Waals surface area (Å²) in [6, 6.07) is 5.73. The predicted octanol–water partition coefficient (Wildman–Crippen LogP) is 2.94. The lowest BCUT2D eigenvalue weighted by molar-refractivity contribution is -0.119. The highest BCUT2D eigenvalue weighted by molar-refractivity contribution is 5.93. The van der Waals surface area contributed by atoms with Crippen LogP contribution in [-0.2, 0) is 4.79 Å². The lowest BCUT2D eigenvalue weighted by atomic mass is 9.85. The van der Waals surface area contributed by atoms with E-state index in [4.69, 9.17) is 5.73 Å². The van der Waals surface area contributed by atoms with Crippen LogP contribution >= 0.6 is 0 Å². The normalized spacial score (nSPS) is 13.2. The maximum atomic E-state index is 12.9. The Kier molecular flexibility index (Phi) is 5.06. The largest absolute Gasteiger partial charge is 0.327 e. The fourth-order valence-electron chi connectivity index (χ4n) is 1.73. The van der Waals surface area contributed by atoms with E-state index < -0.39 is 0 Å². The van der Waals surface area contributed by atoms with Crippen LogP contribution in [0.2, 0.25) is 0 Å². The molecular formula is C15H23FN2O. The van der Waals surface area contributed by atoms with Crippen molar-refractivity contribution >= 4 is 11.6 Å². The second kappa shape index (κ2) is 6.15. The Hall–Kier alpha value is -1.42. The third-order valence-corrected chi connectivity index (χ3v) is 3.26. The maximum absolute atomic E-state index is 12.9. The zero-order valence-corrected chi connectivity index (χ0v) is 12.1. The predicted molar refractivity (Wildman–Crippen MR) is 76.5 cm³/mol. The summed E-state index contributed by atoms with van der Waals surface area (Å²) in [5.74, 6) is -0.338. The lowest BCUT2D eigenvalue weighted by Gasteiger charge is -2.29. The highest BCUT2D eigenvalue weighted by Gasteiger charge is 2.25. The summed E-state index contributed by atoms with van der Waals surface area (Å²) < 4.78 is 12.9. The first-order valence-electron chi connectivity index (χ1n) is 6.57. The zero-order valence-electron chi connectivity index (χ0n) is 12.1. The summed E-state index contributed by atoms with van der Waals surface area (Å²) in [6.07, 6.45) is 0.286. The molecule has 3 nitrogen and oxygen atoms in total. The summed E-state index contributed by atoms with van der Waals surface area (Å²) in [5, 5.41) is 0. The van der Waals surface area contributed by atoms with Crippen LogP contribution in [0, 0.1) is 11.2 Å². The molecule has 106 valence electrons. The zero-order chi connectivity index (χ0) is 14.6. The van der Waals surface area contributed by atoms with Crippen molar-refractivity contribution in [2.24, 2.45) is 11.1 Å². The first-order chi connectivity index (χ1) is 8.75. The topological polar surface area (TPSA) is 46.3 Å². The quantitative estimate of drug-likeness (QED) is 0.910. The van der Waals surface area contributed by atoms with Gasteiger partial charge in [-0.1, -0.05) is 20.8 Å². The van der Waals surface area contributed by atoms with Gasteiger partial charge in [-0.3, -0.25) is 4.79 Å². The molecule has 0 spiro atoms. The van der Waals surface area contributed by atoms with Crippen molar-refractivity contribution in [2.45, 2.75) is 40.2 Å². The van der Waals surface area contributed by atoms with E-state index in [1.807, 2.05) is 27.7 Å². The second-order valence-electron chi connectivity index (χ2n) is 5.79. The van der Waals surface area contributed by atoms with Gasteiger partial charge in [0.15, 0.2) is 0 Å². The monoisotopic (exact) mass is 266 g/mol. The van der Waals surface area contributed by atoms with Crippen molar-refractivity contribution in [2.75, 3.05) is 11.4 Å². The van der Waals surface area contributed by atoms with Crippen molar-refractivity contribution in [3.63, 3.8) is 0 Å². The van der Waals surface area contributed by atoms with E-state index in [0.29, 0.717) is 12.2 Å². The van der Waals surface area contributed by atoms with Gasteiger partial charge in [0.05, 0.1) is 0 Å². The van der Waals surface area contributed by atoms with Gasteiger partial charge in [0, 0.05) is 24.7 Å². The van der Waals surface area contributed by atoms with Gasteiger partial charge in [0.2, 0.25) is 5.91 Å². The first-order valence-corrected chi connectivity index (χ1v) is 6.57. The molecule has 1 rings (SSSR count). The molecule has 4 heteroatoms. The van der Waals surface area contributed by atoms with Crippen LogP contribution in [0.3, 0.4) is 0 Å². The number of benzene rings is 1. The van der Waals surface area contributed by atoms with E-state index in [0.717, 1.165) is 0 Å². The summed E-state index contributed by atoms with van der Waals surface area (Å²) in [6.45, 7) is 8.47. The van der Waals surface area contributed by atoms with Crippen molar-refractivity contribution in [3.8, 4) is 0 Å². The van der Waals surface area contributed by atoms with E-state index in [-0.39, 0.29) is 29.6 Å². The third kappa shape index (κ3) is 4.31. The van der Waals surface area contributed by atoms with Gasteiger partial charge < -0.3 is 10.6 Å². The number of rotatable bonds is 4. The molecule has 0 saturated carbocycles. The molecule has 0 aromatic heterocycles. The van der Waals surface area contributed by atoms with Gasteiger partial charge in [0.25, 0.3) is 0 Å². The van der Waals surface area contributed by atoms with Crippen LogP contribution in [0.15, 0.2) is 24.3 Å². The summed E-state index contributed by atoms with van der Waals surface area (Å²) in [4.78, 5) is 13.9. The van der Waals surface area contributed by atoms with Crippen LogP contribution in [-0.4, -0.2) is 18.5 Å². The van der Waals surface area contributed by atoms with Crippen LogP contribution in [0.1, 0.15) is 34.1 Å². The number of nitrogens with two attached hydrogens (primary N) is 1. The molecule has 0 saturated heterocycles. The van der Waals surface area contributed by atoms with E-state index >= 15 is 0 Å². The van der Waals surface area contributed by atoms with Gasteiger partial charge in [-0.25, -0.2) is 4.39 Å². The Balaban J connectivity index is 2.80. The first kappa shape index (κ1) is 15.6. The number of nitrogens with zero attached hydrogens (tertiary/aromatic N) is 1. The minimum atomic E-state index is -0.307. The van der Waals surface area contributed by atoms with Gasteiger partial charge >= 0.3 is 0 Å². The molecular weight excluding hydrogens is 243 g/mol. The van der Waals surface area contributed by atoms with E-state index in [9.17, 15) is 9.18 Å². The Labute approximate surface area is 114 Å². The van der Waals surface area contributed by atoms with Gasteiger partial charge in [-0.15, -0.1) is 0 Å². The van der Waals surface area contributed by atoms with Gasteiger partial charge in [-0.05, 0) is 36.6 Å². The number of carbonyl (C=O) groups excluding carboxylic acids is 1. The molecule has 0 aliphatic heterocycles. The third-order valence-electron chi connectivity index (χ3n) is 3.26. The summed E-state index contributed by atoms with van der Waals surface area (Å²) in [7, 11) is 0. The molecule has 1 unspecified atom stereocenters. The highest BCUT2D eigenvalue weighted by Crippen LogP contribution is 2.22. The average molecular weight is 266 g/mol. The molecule has 0 heterocycles. The van der Waals surface area contributed by atoms with Crippen LogP contribution in [0.5, 0.6) is 0 Å². The highest BCUT2D eigenvalue weighted by atomic mass is 19.1. The number of anilines is 1. The van der Waals surface area contributed by atoms with Gasteiger partial charge in [-0.2, -0.15) is 0 Å². The minimum absolute atomic E-state index is 0.0310. The molecule has 0 bridgehead atoms. The smallest absolute Gasteiger partial charge is 0.228 e. The number of hydrogen-bond acceptors (Lipinski definition) is 2. The van der Waals surface area contributed by atoms with Crippen LogP contribution < -0.4 is 10.6 Å². The van der Waals surface area contributed by atoms with E-state index in [1.54, 1.807) is 17.0 Å². The molecule has 1 aromatic carbocycles. The Morgan fingerprint density at radius 3 is 2.26 bits per heavy atom. The van der Waals surface area contributed by atoms with Crippen LogP contribution in [0.4, 0.5) is 10.1 Å². The number of halogens is 1. The number of amides is 1. The fourth-order valence-corrected chi connectivity index (χ4v) is 1.73. The van der Waals surface area contributed by atoms with Crippen molar-refractivity contribution in [1.82, 2.24) is 0 Å². The van der Waals surface area contributed by atoms with Crippen molar-refractivity contribution < 1.29 is 9.18 Å². The minimum Gasteiger partial charge on any atom is -0.327 e. The van der Waals surface area contributed by atoms with Crippen molar-refractivity contribution in [3.05, 3.63) is 30.1 Å². The molecule has 1 amide bonds. The summed E-state index contributed by atoms with van der Waals surface area (Å²) >= 11 is 0. The SMILES string of the molecule is CCN(C(=O)CC(N)C(C)(C)C)c1ccc(F)cc1. The van der Waals surface area contributed by atoms with Crippen LogP contribution in [0.25, 0.3) is 0 Å². The molecule has 2 N–H and O–H groups in total. The summed E-state index contributed by atoms with van der Waals surface area (Å²) in [5.41, 5.74) is 6.63. The molecule has 0 aliphatic rings. The second-order valence-corrected chi connectivity index (χ2v) is 5.79. The molecule has 1 aromatic rings. The number of carbonyl (C=O) groups is 1. The van der Waals surface area contributed by atoms with Crippen molar-refractivity contribution in [1.29, 1.82) is 0 Å². The fraction of sp³-hybridized carbons (Fsp3) is 0.533. The van der Waals surface area contributed by atoms with E-state index in [2.05, 4.69) is 0 Å².